The molecule has 1 amide bonds. The van der Waals surface area contributed by atoms with Gasteiger partial charge in [0.2, 0.25) is 5.91 Å². The number of carbonyl (C=O) groups is 1. The Balaban J connectivity index is 2.40. The maximum absolute atomic E-state index is 11.6. The molecule has 0 fully saturated rings. The number of amides is 1. The molecular weight excluding hydrogens is 266 g/mol. The highest BCUT2D eigenvalue weighted by molar-refractivity contribution is 7.90. The summed E-state index contributed by atoms with van der Waals surface area (Å²) in [5.74, 6) is -0.447. The van der Waals surface area contributed by atoms with E-state index in [1.807, 2.05) is 19.1 Å². The second-order valence-corrected chi connectivity index (χ2v) is 6.81. The third kappa shape index (κ3) is 6.30. The van der Waals surface area contributed by atoms with Crippen molar-refractivity contribution in [2.75, 3.05) is 12.0 Å². The summed E-state index contributed by atoms with van der Waals surface area (Å²) in [6, 6.07) is 2.91. The number of carbonyl (C=O) groups excluding carboxylic acids is 1. The fraction of sp³-hybridized carbons (Fsp3) is 0.500. The van der Waals surface area contributed by atoms with E-state index in [-0.39, 0.29) is 18.1 Å². The van der Waals surface area contributed by atoms with E-state index in [1.54, 1.807) is 6.20 Å². The van der Waals surface area contributed by atoms with Gasteiger partial charge in [-0.1, -0.05) is 6.07 Å². The Morgan fingerprint density at radius 2 is 2.16 bits per heavy atom. The minimum Gasteiger partial charge on any atom is -0.351 e. The van der Waals surface area contributed by atoms with Crippen molar-refractivity contribution >= 4 is 15.7 Å². The molecule has 106 valence electrons. The number of aromatic nitrogens is 1. The van der Waals surface area contributed by atoms with Crippen LogP contribution in [-0.2, 0) is 21.2 Å². The van der Waals surface area contributed by atoms with E-state index < -0.39 is 15.9 Å². The molecule has 0 aliphatic rings. The van der Waals surface area contributed by atoms with Crippen LogP contribution in [0.1, 0.15) is 17.7 Å². The lowest BCUT2D eigenvalue weighted by atomic mass is 10.2. The molecule has 3 N–H and O–H groups in total. The van der Waals surface area contributed by atoms with Crippen LogP contribution in [0.3, 0.4) is 0 Å². The van der Waals surface area contributed by atoms with Gasteiger partial charge in [-0.15, -0.1) is 0 Å². The van der Waals surface area contributed by atoms with E-state index in [4.69, 9.17) is 5.73 Å². The van der Waals surface area contributed by atoms with Crippen molar-refractivity contribution in [3.8, 4) is 0 Å². The normalized spacial score (nSPS) is 13.0. The first kappa shape index (κ1) is 15.6. The molecular formula is C12H19N3O3S. The Bertz CT molecular complexity index is 526. The number of pyridine rings is 1. The molecule has 0 aromatic carbocycles. The molecule has 0 saturated carbocycles. The van der Waals surface area contributed by atoms with Gasteiger partial charge in [-0.25, -0.2) is 8.42 Å². The predicted octanol–water partition coefficient (Wildman–Crippen LogP) is -0.232. The van der Waals surface area contributed by atoms with E-state index in [2.05, 4.69) is 10.3 Å². The van der Waals surface area contributed by atoms with Crippen molar-refractivity contribution in [2.24, 2.45) is 5.73 Å². The minimum absolute atomic E-state index is 0.0896. The molecule has 19 heavy (non-hydrogen) atoms. The Hall–Kier alpha value is -1.47. The van der Waals surface area contributed by atoms with E-state index in [9.17, 15) is 13.2 Å². The number of rotatable bonds is 6. The Kier molecular flexibility index (Phi) is 5.44. The molecule has 0 aliphatic carbocycles. The minimum atomic E-state index is -3.09. The summed E-state index contributed by atoms with van der Waals surface area (Å²) in [6.07, 6.45) is 2.92. The lowest BCUT2D eigenvalue weighted by molar-refractivity contribution is -0.122. The largest absolute Gasteiger partial charge is 0.351 e. The maximum atomic E-state index is 11.6. The predicted molar refractivity (Wildman–Crippen MR) is 73.1 cm³/mol. The highest BCUT2D eigenvalue weighted by atomic mass is 32.2. The number of sulfone groups is 1. The van der Waals surface area contributed by atoms with Crippen LogP contribution in [0.2, 0.25) is 0 Å². The third-order valence-electron chi connectivity index (χ3n) is 2.58. The second kappa shape index (κ2) is 6.63. The van der Waals surface area contributed by atoms with Crippen LogP contribution in [-0.4, -0.2) is 37.4 Å². The number of aryl methyl sites for hydroxylation is 1. The lowest BCUT2D eigenvalue weighted by Gasteiger charge is -2.11. The van der Waals surface area contributed by atoms with E-state index in [1.165, 1.54) is 0 Å². The first-order valence-corrected chi connectivity index (χ1v) is 7.96. The summed E-state index contributed by atoms with van der Waals surface area (Å²) in [6.45, 7) is 2.21. The van der Waals surface area contributed by atoms with Crippen LogP contribution in [0.4, 0.5) is 0 Å². The van der Waals surface area contributed by atoms with Gasteiger partial charge in [0.25, 0.3) is 0 Å². The molecule has 7 heteroatoms. The number of hydrogen-bond acceptors (Lipinski definition) is 5. The van der Waals surface area contributed by atoms with Gasteiger partial charge < -0.3 is 11.1 Å². The zero-order valence-corrected chi connectivity index (χ0v) is 11.9. The van der Waals surface area contributed by atoms with Gasteiger partial charge in [0, 0.05) is 24.7 Å². The monoisotopic (exact) mass is 285 g/mol. The topological polar surface area (TPSA) is 102 Å². The molecule has 1 rings (SSSR count). The highest BCUT2D eigenvalue weighted by Crippen LogP contribution is 1.99. The van der Waals surface area contributed by atoms with E-state index in [0.29, 0.717) is 6.54 Å². The number of hydrogen-bond donors (Lipinski definition) is 2. The smallest absolute Gasteiger partial charge is 0.237 e. The number of nitrogens with one attached hydrogen (secondary N) is 1. The van der Waals surface area contributed by atoms with Crippen LogP contribution < -0.4 is 11.1 Å². The van der Waals surface area contributed by atoms with Gasteiger partial charge in [0.15, 0.2) is 0 Å². The van der Waals surface area contributed by atoms with E-state index >= 15 is 0 Å². The summed E-state index contributed by atoms with van der Waals surface area (Å²) in [5, 5.41) is 2.66. The maximum Gasteiger partial charge on any atom is 0.237 e. The molecule has 0 aliphatic heterocycles. The standard InChI is InChI=1S/C12H19N3O3S/c1-9-3-4-10(7-14-9)8-15-12(16)11(13)5-6-19(2,17)18/h3-4,7,11H,5-6,8,13H2,1-2H3,(H,15,16). The fourth-order valence-electron chi connectivity index (χ4n) is 1.40. The van der Waals surface area contributed by atoms with E-state index in [0.717, 1.165) is 17.5 Å². The third-order valence-corrected chi connectivity index (χ3v) is 3.55. The van der Waals surface area contributed by atoms with Gasteiger partial charge >= 0.3 is 0 Å². The summed E-state index contributed by atoms with van der Waals surface area (Å²) in [4.78, 5) is 15.8. The first-order valence-electron chi connectivity index (χ1n) is 5.90. The molecule has 0 spiro atoms. The van der Waals surface area contributed by atoms with Crippen molar-refractivity contribution in [3.63, 3.8) is 0 Å². The van der Waals surface area contributed by atoms with Crippen LogP contribution >= 0.6 is 0 Å². The zero-order valence-electron chi connectivity index (χ0n) is 11.1. The van der Waals surface area contributed by atoms with Gasteiger partial charge in [-0.3, -0.25) is 9.78 Å². The summed E-state index contributed by atoms with van der Waals surface area (Å²) >= 11 is 0. The summed E-state index contributed by atoms with van der Waals surface area (Å²) < 4.78 is 21.9. The summed E-state index contributed by atoms with van der Waals surface area (Å²) in [5.41, 5.74) is 7.39. The summed E-state index contributed by atoms with van der Waals surface area (Å²) in [7, 11) is -3.09. The highest BCUT2D eigenvalue weighted by Gasteiger charge is 2.15. The molecule has 0 bridgehead atoms. The van der Waals surface area contributed by atoms with Gasteiger partial charge in [0.1, 0.15) is 9.84 Å². The molecule has 1 aromatic rings. The second-order valence-electron chi connectivity index (χ2n) is 4.55. The van der Waals surface area contributed by atoms with Crippen molar-refractivity contribution in [3.05, 3.63) is 29.6 Å². The number of nitrogens with two attached hydrogens (primary N) is 1. The van der Waals surface area contributed by atoms with Gasteiger partial charge in [0.05, 0.1) is 11.8 Å². The Morgan fingerprint density at radius 3 is 2.68 bits per heavy atom. The molecule has 6 nitrogen and oxygen atoms in total. The zero-order chi connectivity index (χ0) is 14.5. The Morgan fingerprint density at radius 1 is 1.47 bits per heavy atom. The van der Waals surface area contributed by atoms with Crippen LogP contribution in [0.25, 0.3) is 0 Å². The van der Waals surface area contributed by atoms with Crippen molar-refractivity contribution in [2.45, 2.75) is 25.9 Å². The fourth-order valence-corrected chi connectivity index (χ4v) is 2.08. The quantitative estimate of drug-likeness (QED) is 0.751. The van der Waals surface area contributed by atoms with Crippen LogP contribution in [0, 0.1) is 6.92 Å². The van der Waals surface area contributed by atoms with Crippen molar-refractivity contribution in [1.29, 1.82) is 0 Å². The SMILES string of the molecule is Cc1ccc(CNC(=O)C(N)CCS(C)(=O)=O)cn1. The number of nitrogens with zero attached hydrogens (tertiary/aromatic N) is 1. The van der Waals surface area contributed by atoms with Crippen LogP contribution in [0.5, 0.6) is 0 Å². The average molecular weight is 285 g/mol. The van der Waals surface area contributed by atoms with Gasteiger partial charge in [-0.05, 0) is 25.0 Å². The molecule has 0 radical (unpaired) electrons. The van der Waals surface area contributed by atoms with Crippen molar-refractivity contribution < 1.29 is 13.2 Å². The van der Waals surface area contributed by atoms with Gasteiger partial charge in [-0.2, -0.15) is 0 Å². The molecule has 1 unspecified atom stereocenters. The van der Waals surface area contributed by atoms with Crippen molar-refractivity contribution in [1.82, 2.24) is 10.3 Å². The molecule has 1 heterocycles. The average Bonchev–Trinajstić information content (AvgIpc) is 2.34. The first-order chi connectivity index (χ1) is 8.78. The molecule has 1 atom stereocenters. The molecule has 0 saturated heterocycles. The molecule has 1 aromatic heterocycles. The Labute approximate surface area is 113 Å². The van der Waals surface area contributed by atoms with Crippen LogP contribution in [0.15, 0.2) is 18.3 Å². The lowest BCUT2D eigenvalue weighted by Crippen LogP contribution is -2.41.